The van der Waals surface area contributed by atoms with Crippen LogP contribution in [-0.2, 0) is 4.79 Å². The van der Waals surface area contributed by atoms with Gasteiger partial charge >= 0.3 is 6.03 Å². The number of likely N-dealkylation sites (N-methyl/N-ethyl adjacent to an activating group) is 1. The van der Waals surface area contributed by atoms with Gasteiger partial charge in [-0.1, -0.05) is 20.8 Å². The first-order valence-electron chi connectivity index (χ1n) is 8.47. The van der Waals surface area contributed by atoms with Crippen LogP contribution >= 0.6 is 0 Å². The van der Waals surface area contributed by atoms with E-state index >= 15 is 0 Å². The molecule has 1 fully saturated rings. The molecule has 0 aliphatic carbocycles. The van der Waals surface area contributed by atoms with Gasteiger partial charge in [0.2, 0.25) is 5.91 Å². The number of piperidine rings is 1. The first kappa shape index (κ1) is 18.7. The second-order valence-electron chi connectivity index (χ2n) is 6.57. The molecule has 0 aromatic heterocycles. The molecule has 1 saturated heterocycles. The van der Waals surface area contributed by atoms with Crippen LogP contribution in [0.25, 0.3) is 0 Å². The highest BCUT2D eigenvalue weighted by Gasteiger charge is 2.28. The summed E-state index contributed by atoms with van der Waals surface area (Å²) in [6, 6.07) is 0.218. The molecule has 1 aliphatic heterocycles. The summed E-state index contributed by atoms with van der Waals surface area (Å²) in [4.78, 5) is 26.1. The second kappa shape index (κ2) is 9.66. The summed E-state index contributed by atoms with van der Waals surface area (Å²) >= 11 is 0. The minimum absolute atomic E-state index is 0.0489. The van der Waals surface area contributed by atoms with E-state index in [0.717, 1.165) is 25.9 Å². The van der Waals surface area contributed by atoms with Gasteiger partial charge in [0.25, 0.3) is 0 Å². The van der Waals surface area contributed by atoms with E-state index in [2.05, 4.69) is 36.7 Å². The Hall–Kier alpha value is -1.30. The maximum Gasteiger partial charge on any atom is 0.317 e. The molecule has 0 aromatic carbocycles. The molecule has 6 heteroatoms. The summed E-state index contributed by atoms with van der Waals surface area (Å²) in [7, 11) is 0. The van der Waals surface area contributed by atoms with Crippen molar-refractivity contribution in [1.29, 1.82) is 0 Å². The van der Waals surface area contributed by atoms with Gasteiger partial charge in [0.15, 0.2) is 0 Å². The molecule has 6 nitrogen and oxygen atoms in total. The largest absolute Gasteiger partial charge is 0.354 e. The molecule has 3 N–H and O–H groups in total. The van der Waals surface area contributed by atoms with Gasteiger partial charge in [0, 0.05) is 32.2 Å². The van der Waals surface area contributed by atoms with Crippen molar-refractivity contribution in [2.45, 2.75) is 46.6 Å². The Morgan fingerprint density at radius 3 is 2.55 bits per heavy atom. The molecule has 2 atom stereocenters. The van der Waals surface area contributed by atoms with Crippen molar-refractivity contribution in [2.75, 3.05) is 32.7 Å². The summed E-state index contributed by atoms with van der Waals surface area (Å²) in [5.74, 6) is 0.402. The van der Waals surface area contributed by atoms with E-state index in [9.17, 15) is 9.59 Å². The normalized spacial score (nSPS) is 19.9. The Labute approximate surface area is 134 Å². The van der Waals surface area contributed by atoms with E-state index in [1.165, 1.54) is 0 Å². The Bertz CT molecular complexity index is 360. The van der Waals surface area contributed by atoms with Crippen molar-refractivity contribution >= 4 is 11.9 Å². The fraction of sp³-hybridized carbons (Fsp3) is 0.875. The number of hydrogen-bond donors (Lipinski definition) is 3. The number of rotatable bonds is 7. The van der Waals surface area contributed by atoms with E-state index < -0.39 is 0 Å². The summed E-state index contributed by atoms with van der Waals surface area (Å²) in [6.07, 6.45) is 1.74. The van der Waals surface area contributed by atoms with Gasteiger partial charge in [0.05, 0.1) is 5.92 Å². The Morgan fingerprint density at radius 2 is 1.91 bits per heavy atom. The van der Waals surface area contributed by atoms with Gasteiger partial charge < -0.3 is 20.9 Å². The highest BCUT2D eigenvalue weighted by atomic mass is 16.2. The van der Waals surface area contributed by atoms with Gasteiger partial charge in [-0.3, -0.25) is 4.79 Å². The zero-order valence-electron chi connectivity index (χ0n) is 14.4. The van der Waals surface area contributed by atoms with Crippen LogP contribution < -0.4 is 16.0 Å². The van der Waals surface area contributed by atoms with Crippen LogP contribution in [0.4, 0.5) is 4.79 Å². The van der Waals surface area contributed by atoms with Gasteiger partial charge in [0.1, 0.15) is 0 Å². The van der Waals surface area contributed by atoms with E-state index in [0.29, 0.717) is 25.6 Å². The minimum Gasteiger partial charge on any atom is -0.354 e. The molecule has 1 rings (SSSR count). The number of carbonyl (C=O) groups is 2. The average molecular weight is 312 g/mol. The highest BCUT2D eigenvalue weighted by Crippen LogP contribution is 2.16. The molecule has 1 aliphatic rings. The van der Waals surface area contributed by atoms with Crippen molar-refractivity contribution in [3.05, 3.63) is 0 Å². The zero-order valence-corrected chi connectivity index (χ0v) is 14.4. The monoisotopic (exact) mass is 312 g/mol. The van der Waals surface area contributed by atoms with Crippen molar-refractivity contribution in [1.82, 2.24) is 20.9 Å². The fourth-order valence-electron chi connectivity index (χ4n) is 2.60. The third-order valence-corrected chi connectivity index (χ3v) is 3.88. The number of amides is 3. The predicted molar refractivity (Wildman–Crippen MR) is 88.7 cm³/mol. The lowest BCUT2D eigenvalue weighted by Crippen LogP contribution is -2.50. The lowest BCUT2D eigenvalue weighted by atomic mass is 9.97. The van der Waals surface area contributed by atoms with Gasteiger partial charge in [-0.25, -0.2) is 4.79 Å². The number of hydrogen-bond acceptors (Lipinski definition) is 3. The van der Waals surface area contributed by atoms with Crippen molar-refractivity contribution < 1.29 is 9.59 Å². The predicted octanol–water partition coefficient (Wildman–Crippen LogP) is 1.18. The Balaban J connectivity index is 2.38. The van der Waals surface area contributed by atoms with Crippen LogP contribution in [0.1, 0.15) is 40.5 Å². The number of nitrogens with one attached hydrogen (secondary N) is 3. The summed E-state index contributed by atoms with van der Waals surface area (Å²) in [6.45, 7) is 11.7. The fourth-order valence-corrected chi connectivity index (χ4v) is 2.60. The quantitative estimate of drug-likeness (QED) is 0.661. The van der Waals surface area contributed by atoms with Crippen LogP contribution in [0.5, 0.6) is 0 Å². The molecule has 0 bridgehead atoms. The molecule has 128 valence electrons. The zero-order chi connectivity index (χ0) is 16.5. The maximum absolute atomic E-state index is 12.2. The second-order valence-corrected chi connectivity index (χ2v) is 6.57. The lowest BCUT2D eigenvalue weighted by molar-refractivity contribution is -0.126. The average Bonchev–Trinajstić information content (AvgIpc) is 2.50. The Kier molecular flexibility index (Phi) is 8.24. The molecule has 22 heavy (non-hydrogen) atoms. The summed E-state index contributed by atoms with van der Waals surface area (Å²) < 4.78 is 0. The lowest BCUT2D eigenvalue weighted by Gasteiger charge is -2.32. The van der Waals surface area contributed by atoms with Crippen LogP contribution in [0.3, 0.4) is 0 Å². The molecule has 0 aromatic rings. The smallest absolute Gasteiger partial charge is 0.317 e. The molecular formula is C16H32N4O2. The topological polar surface area (TPSA) is 73.5 Å². The van der Waals surface area contributed by atoms with E-state index in [4.69, 9.17) is 0 Å². The molecular weight excluding hydrogens is 280 g/mol. The maximum atomic E-state index is 12.2. The van der Waals surface area contributed by atoms with E-state index in [1.807, 2.05) is 6.92 Å². The first-order chi connectivity index (χ1) is 10.4. The van der Waals surface area contributed by atoms with Crippen LogP contribution in [0.15, 0.2) is 0 Å². The number of nitrogens with zero attached hydrogens (tertiary/aromatic N) is 1. The van der Waals surface area contributed by atoms with Gasteiger partial charge in [-0.15, -0.1) is 0 Å². The summed E-state index contributed by atoms with van der Waals surface area (Å²) in [5.41, 5.74) is 0. The number of urea groups is 1. The van der Waals surface area contributed by atoms with E-state index in [1.54, 1.807) is 4.90 Å². The summed E-state index contributed by atoms with van der Waals surface area (Å²) in [5, 5.41) is 9.18. The molecule has 0 radical (unpaired) electrons. The first-order valence-corrected chi connectivity index (χ1v) is 8.47. The molecule has 1 unspecified atom stereocenters. The number of likely N-dealkylation sites (tertiary alicyclic amines) is 1. The third kappa shape index (κ3) is 6.64. The number of carbonyl (C=O) groups excluding carboxylic acids is 2. The van der Waals surface area contributed by atoms with Crippen molar-refractivity contribution in [2.24, 2.45) is 11.8 Å². The van der Waals surface area contributed by atoms with Gasteiger partial charge in [-0.2, -0.15) is 0 Å². The van der Waals surface area contributed by atoms with Crippen LogP contribution in [0.2, 0.25) is 0 Å². The van der Waals surface area contributed by atoms with Crippen molar-refractivity contribution in [3.8, 4) is 0 Å². The molecule has 3 amide bonds. The Morgan fingerprint density at radius 1 is 1.18 bits per heavy atom. The van der Waals surface area contributed by atoms with Crippen LogP contribution in [0, 0.1) is 11.8 Å². The standard InChI is InChI=1S/C16H32N4O2/c1-5-17-13(4)10-18-15(21)14-7-6-8-20(11-14)16(22)19-9-12(2)3/h12-14,17H,5-11H2,1-4H3,(H,18,21)(H,19,22)/t13-,14?/m1/s1. The van der Waals surface area contributed by atoms with Gasteiger partial charge in [-0.05, 0) is 32.2 Å². The van der Waals surface area contributed by atoms with Crippen molar-refractivity contribution in [3.63, 3.8) is 0 Å². The highest BCUT2D eigenvalue weighted by molar-refractivity contribution is 5.80. The molecule has 0 spiro atoms. The molecule has 0 saturated carbocycles. The molecule has 1 heterocycles. The van der Waals surface area contributed by atoms with E-state index in [-0.39, 0.29) is 23.9 Å². The SMILES string of the molecule is CCN[C@H](C)CNC(=O)C1CCCN(C(=O)NCC(C)C)C1. The third-order valence-electron chi connectivity index (χ3n) is 3.88. The minimum atomic E-state index is -0.0904. The van der Waals surface area contributed by atoms with Crippen LogP contribution in [-0.4, -0.2) is 55.6 Å².